The Kier molecular flexibility index (Phi) is 5.11. The monoisotopic (exact) mass is 418 g/mol. The highest BCUT2D eigenvalue weighted by molar-refractivity contribution is 6.05. The van der Waals surface area contributed by atoms with Gasteiger partial charge in [-0.15, -0.1) is 0 Å². The minimum Gasteiger partial charge on any atom is -0.482 e. The number of nitrogens with one attached hydrogen (secondary N) is 1. The lowest BCUT2D eigenvalue weighted by molar-refractivity contribution is -0.123. The summed E-state index contributed by atoms with van der Waals surface area (Å²) in [6.45, 7) is -0.182. The summed E-state index contributed by atoms with van der Waals surface area (Å²) >= 11 is 0. The second-order valence-electron chi connectivity index (χ2n) is 7.80. The highest BCUT2D eigenvalue weighted by Crippen LogP contribution is 2.34. The maximum absolute atomic E-state index is 12.7. The van der Waals surface area contributed by atoms with Gasteiger partial charge in [0.2, 0.25) is 17.6 Å². The number of para-hydroxylation sites is 2. The van der Waals surface area contributed by atoms with Gasteiger partial charge in [0, 0.05) is 17.2 Å². The number of fused-ring (bicyclic) bond motifs is 1. The summed E-state index contributed by atoms with van der Waals surface area (Å²) in [4.78, 5) is 30.9. The summed E-state index contributed by atoms with van der Waals surface area (Å²) in [7, 11) is 0. The third-order valence-electron chi connectivity index (χ3n) is 5.66. The van der Waals surface area contributed by atoms with Crippen LogP contribution in [0.25, 0.3) is 11.4 Å². The normalized spacial score (nSPS) is 16.1. The van der Waals surface area contributed by atoms with E-state index < -0.39 is 0 Å². The zero-order valence-electron chi connectivity index (χ0n) is 16.9. The number of carbonyl (C=O) groups excluding carboxylic acids is 2. The molecule has 2 aromatic carbocycles. The zero-order chi connectivity index (χ0) is 21.2. The number of ether oxygens (including phenoxy) is 1. The molecular weight excluding hydrogens is 396 g/mol. The first kappa shape index (κ1) is 19.3. The van der Waals surface area contributed by atoms with Gasteiger partial charge in [-0.05, 0) is 37.1 Å². The van der Waals surface area contributed by atoms with Crippen LogP contribution < -0.4 is 15.0 Å². The lowest BCUT2D eigenvalue weighted by atomic mass is 10.1. The molecule has 2 aliphatic rings. The molecule has 1 N–H and O–H groups in total. The van der Waals surface area contributed by atoms with Crippen LogP contribution in [0.5, 0.6) is 5.75 Å². The van der Waals surface area contributed by atoms with E-state index in [1.165, 1.54) is 17.7 Å². The Hall–Kier alpha value is -3.68. The van der Waals surface area contributed by atoms with Gasteiger partial charge in [-0.2, -0.15) is 4.98 Å². The van der Waals surface area contributed by atoms with Crippen molar-refractivity contribution in [2.45, 2.75) is 31.6 Å². The summed E-state index contributed by atoms with van der Waals surface area (Å²) in [6.07, 6.45) is 4.56. The third-order valence-corrected chi connectivity index (χ3v) is 5.66. The van der Waals surface area contributed by atoms with E-state index in [1.54, 1.807) is 30.3 Å². The van der Waals surface area contributed by atoms with Crippen LogP contribution >= 0.6 is 0 Å². The van der Waals surface area contributed by atoms with Crippen LogP contribution in [0.2, 0.25) is 0 Å². The highest BCUT2D eigenvalue weighted by Gasteiger charge is 2.27. The molecule has 8 nitrogen and oxygen atoms in total. The second-order valence-corrected chi connectivity index (χ2v) is 7.80. The Morgan fingerprint density at radius 2 is 1.97 bits per heavy atom. The maximum Gasteiger partial charge on any atom is 0.265 e. The second kappa shape index (κ2) is 8.22. The van der Waals surface area contributed by atoms with Crippen molar-refractivity contribution in [1.82, 2.24) is 10.1 Å². The van der Waals surface area contributed by atoms with E-state index in [2.05, 4.69) is 15.5 Å². The van der Waals surface area contributed by atoms with Crippen LogP contribution in [0.4, 0.5) is 11.4 Å². The molecule has 158 valence electrons. The molecule has 0 atom stereocenters. The van der Waals surface area contributed by atoms with Gasteiger partial charge in [-0.3, -0.25) is 14.5 Å². The first-order valence-corrected chi connectivity index (χ1v) is 10.4. The van der Waals surface area contributed by atoms with Crippen LogP contribution in [-0.2, 0) is 9.59 Å². The molecule has 3 aromatic rings. The van der Waals surface area contributed by atoms with Gasteiger partial charge in [0.25, 0.3) is 5.91 Å². The van der Waals surface area contributed by atoms with Gasteiger partial charge in [-0.1, -0.05) is 42.3 Å². The molecule has 2 amide bonds. The number of amides is 2. The van der Waals surface area contributed by atoms with Crippen molar-refractivity contribution in [1.29, 1.82) is 0 Å². The van der Waals surface area contributed by atoms with E-state index >= 15 is 0 Å². The SMILES string of the molecule is O=C(CN1C(=O)COc2ccccc21)Nc1cccc(-c2noc(C3CCCC3)n2)c1. The average molecular weight is 418 g/mol. The number of hydrogen-bond acceptors (Lipinski definition) is 6. The molecule has 1 aliphatic carbocycles. The van der Waals surface area contributed by atoms with Crippen molar-refractivity contribution in [2.75, 3.05) is 23.4 Å². The number of hydrogen-bond donors (Lipinski definition) is 1. The lowest BCUT2D eigenvalue weighted by Crippen LogP contribution is -2.43. The zero-order valence-corrected chi connectivity index (χ0v) is 16.9. The minimum absolute atomic E-state index is 0.0824. The van der Waals surface area contributed by atoms with E-state index in [0.29, 0.717) is 34.8 Å². The Morgan fingerprint density at radius 3 is 2.84 bits per heavy atom. The van der Waals surface area contributed by atoms with Crippen molar-refractivity contribution in [3.8, 4) is 17.1 Å². The number of nitrogens with zero attached hydrogens (tertiary/aromatic N) is 3. The van der Waals surface area contributed by atoms with Gasteiger partial charge < -0.3 is 14.6 Å². The van der Waals surface area contributed by atoms with Crippen molar-refractivity contribution < 1.29 is 18.8 Å². The van der Waals surface area contributed by atoms with E-state index in [4.69, 9.17) is 9.26 Å². The van der Waals surface area contributed by atoms with E-state index in [-0.39, 0.29) is 25.0 Å². The predicted octanol–water partition coefficient (Wildman–Crippen LogP) is 3.76. The average Bonchev–Trinajstić information content (AvgIpc) is 3.48. The summed E-state index contributed by atoms with van der Waals surface area (Å²) < 4.78 is 10.9. The topological polar surface area (TPSA) is 97.6 Å². The minimum atomic E-state index is -0.304. The molecule has 31 heavy (non-hydrogen) atoms. The van der Waals surface area contributed by atoms with Crippen LogP contribution in [0, 0.1) is 0 Å². The smallest absolute Gasteiger partial charge is 0.265 e. The van der Waals surface area contributed by atoms with Gasteiger partial charge in [-0.25, -0.2) is 0 Å². The Morgan fingerprint density at radius 1 is 1.13 bits per heavy atom. The molecule has 0 saturated heterocycles. The molecule has 0 spiro atoms. The largest absolute Gasteiger partial charge is 0.482 e. The van der Waals surface area contributed by atoms with Crippen molar-refractivity contribution in [3.63, 3.8) is 0 Å². The molecule has 1 saturated carbocycles. The fraction of sp³-hybridized carbons (Fsp3) is 0.304. The fourth-order valence-corrected chi connectivity index (χ4v) is 4.10. The Bertz CT molecular complexity index is 1120. The van der Waals surface area contributed by atoms with Gasteiger partial charge in [0.1, 0.15) is 12.3 Å². The van der Waals surface area contributed by atoms with Crippen molar-refractivity contribution in [2.24, 2.45) is 0 Å². The van der Waals surface area contributed by atoms with E-state index in [9.17, 15) is 9.59 Å². The molecule has 8 heteroatoms. The van der Waals surface area contributed by atoms with Crippen LogP contribution in [0.15, 0.2) is 53.1 Å². The standard InChI is InChI=1S/C23H22N4O4/c28-20(13-27-18-10-3-4-11-19(18)30-14-21(27)29)24-17-9-5-8-16(12-17)22-25-23(31-26-22)15-6-1-2-7-15/h3-5,8-12,15H,1-2,6-7,13-14H2,(H,24,28). The summed E-state index contributed by atoms with van der Waals surface area (Å²) in [5.74, 6) is 1.57. The number of rotatable bonds is 5. The summed E-state index contributed by atoms with van der Waals surface area (Å²) in [5.41, 5.74) is 1.95. The van der Waals surface area contributed by atoms with E-state index in [1.807, 2.05) is 18.2 Å². The number of aromatic nitrogens is 2. The summed E-state index contributed by atoms with van der Waals surface area (Å²) in [6, 6.07) is 14.5. The fourth-order valence-electron chi connectivity index (χ4n) is 4.10. The highest BCUT2D eigenvalue weighted by atomic mass is 16.5. The molecule has 2 heterocycles. The molecule has 1 fully saturated rings. The third kappa shape index (κ3) is 4.01. The maximum atomic E-state index is 12.7. The van der Waals surface area contributed by atoms with Gasteiger partial charge in [0.05, 0.1) is 5.69 Å². The molecule has 1 aliphatic heterocycles. The van der Waals surface area contributed by atoms with Crippen molar-refractivity contribution in [3.05, 3.63) is 54.4 Å². The van der Waals surface area contributed by atoms with Gasteiger partial charge in [0.15, 0.2) is 6.61 Å². The van der Waals surface area contributed by atoms with E-state index in [0.717, 1.165) is 18.4 Å². The van der Waals surface area contributed by atoms with Crippen LogP contribution in [-0.4, -0.2) is 35.1 Å². The number of carbonyl (C=O) groups is 2. The number of benzene rings is 2. The first-order chi connectivity index (χ1) is 15.2. The van der Waals surface area contributed by atoms with Crippen molar-refractivity contribution >= 4 is 23.2 Å². The molecule has 0 radical (unpaired) electrons. The quantitative estimate of drug-likeness (QED) is 0.678. The van der Waals surface area contributed by atoms with Crippen LogP contribution in [0.1, 0.15) is 37.5 Å². The van der Waals surface area contributed by atoms with Crippen LogP contribution in [0.3, 0.4) is 0 Å². The predicted molar refractivity (Wildman–Crippen MR) is 114 cm³/mol. The number of anilines is 2. The summed E-state index contributed by atoms with van der Waals surface area (Å²) in [5, 5.41) is 6.97. The molecule has 5 rings (SSSR count). The van der Waals surface area contributed by atoms with Gasteiger partial charge >= 0.3 is 0 Å². The molecule has 0 unspecified atom stereocenters. The molecule has 0 bridgehead atoms. The lowest BCUT2D eigenvalue weighted by Gasteiger charge is -2.28. The first-order valence-electron chi connectivity index (χ1n) is 10.4. The Balaban J connectivity index is 1.29. The molecule has 1 aromatic heterocycles. The Labute approximate surface area is 179 Å². The molecular formula is C23H22N4O4.